The number of rotatable bonds is 5. The molecule has 1 aromatic carbocycles. The Labute approximate surface area is 89.7 Å². The Hall–Kier alpha value is -1.51. The van der Waals surface area contributed by atoms with Gasteiger partial charge in [-0.15, -0.1) is 0 Å². The van der Waals surface area contributed by atoms with Gasteiger partial charge >= 0.3 is 5.97 Å². The van der Waals surface area contributed by atoms with Crippen molar-refractivity contribution in [3.05, 3.63) is 29.8 Å². The van der Waals surface area contributed by atoms with Crippen LogP contribution in [0.2, 0.25) is 0 Å². The Kier molecular flexibility index (Phi) is 4.16. The molecule has 0 aliphatic carbocycles. The second kappa shape index (κ2) is 5.39. The average molecular weight is 208 g/mol. The van der Waals surface area contributed by atoms with Gasteiger partial charge in [0.15, 0.2) is 0 Å². The van der Waals surface area contributed by atoms with Crippen LogP contribution in [0.15, 0.2) is 24.3 Å². The Balaban J connectivity index is 2.53. The highest BCUT2D eigenvalue weighted by atomic mass is 16.5. The molecule has 0 saturated carbocycles. The third-order valence-corrected chi connectivity index (χ3v) is 2.42. The zero-order valence-electron chi connectivity index (χ0n) is 9.06. The number of aliphatic carboxylic acids is 1. The zero-order chi connectivity index (χ0) is 11.3. The number of carbonyl (C=O) groups is 1. The van der Waals surface area contributed by atoms with Crippen LogP contribution in [-0.2, 0) is 11.2 Å². The Morgan fingerprint density at radius 3 is 2.87 bits per heavy atom. The highest BCUT2D eigenvalue weighted by Gasteiger charge is 2.10. The van der Waals surface area contributed by atoms with E-state index in [1.54, 1.807) is 14.0 Å². The first-order valence-corrected chi connectivity index (χ1v) is 4.99. The molecule has 1 rings (SSSR count). The molecule has 0 aromatic heterocycles. The van der Waals surface area contributed by atoms with Crippen molar-refractivity contribution in [3.63, 3.8) is 0 Å². The van der Waals surface area contributed by atoms with E-state index < -0.39 is 5.97 Å². The van der Waals surface area contributed by atoms with Crippen LogP contribution < -0.4 is 4.74 Å². The summed E-state index contributed by atoms with van der Waals surface area (Å²) in [6.07, 6.45) is 1.42. The fraction of sp³-hybridized carbons (Fsp3) is 0.417. The number of carboxylic acids is 1. The predicted molar refractivity (Wildman–Crippen MR) is 58.1 cm³/mol. The number of methoxy groups -OCH3 is 1. The first-order chi connectivity index (χ1) is 7.13. The molecular formula is C12H16O3. The van der Waals surface area contributed by atoms with E-state index in [-0.39, 0.29) is 5.92 Å². The van der Waals surface area contributed by atoms with Crippen LogP contribution in [0.5, 0.6) is 5.75 Å². The number of ether oxygens (including phenoxy) is 1. The molecule has 0 fully saturated rings. The van der Waals surface area contributed by atoms with Crippen molar-refractivity contribution in [3.8, 4) is 5.75 Å². The molecule has 0 aliphatic rings. The molecule has 1 unspecified atom stereocenters. The minimum absolute atomic E-state index is 0.295. The van der Waals surface area contributed by atoms with E-state index >= 15 is 0 Å². The SMILES string of the molecule is COc1cccc(CCC(C)C(=O)O)c1. The summed E-state index contributed by atoms with van der Waals surface area (Å²) < 4.78 is 5.09. The molecule has 3 heteroatoms. The van der Waals surface area contributed by atoms with E-state index in [0.29, 0.717) is 6.42 Å². The number of hydrogen-bond acceptors (Lipinski definition) is 2. The monoisotopic (exact) mass is 208 g/mol. The molecule has 0 amide bonds. The topological polar surface area (TPSA) is 46.5 Å². The van der Waals surface area contributed by atoms with Gasteiger partial charge in [0.2, 0.25) is 0 Å². The number of carboxylic acid groups (broad SMARTS) is 1. The first-order valence-electron chi connectivity index (χ1n) is 4.99. The van der Waals surface area contributed by atoms with Gasteiger partial charge in [0, 0.05) is 0 Å². The summed E-state index contributed by atoms with van der Waals surface area (Å²) in [4.78, 5) is 10.6. The summed E-state index contributed by atoms with van der Waals surface area (Å²) in [5, 5.41) is 8.74. The standard InChI is InChI=1S/C12H16O3/c1-9(12(13)14)6-7-10-4-3-5-11(8-10)15-2/h3-5,8-9H,6-7H2,1-2H3,(H,13,14). The molecule has 82 valence electrons. The van der Waals surface area contributed by atoms with E-state index in [2.05, 4.69) is 0 Å². The summed E-state index contributed by atoms with van der Waals surface area (Å²) in [5.74, 6) is -0.218. The quantitative estimate of drug-likeness (QED) is 0.807. The van der Waals surface area contributed by atoms with Gasteiger partial charge in [-0.05, 0) is 30.5 Å². The molecule has 1 N–H and O–H groups in total. The van der Waals surface area contributed by atoms with Crippen LogP contribution in [0.1, 0.15) is 18.9 Å². The van der Waals surface area contributed by atoms with E-state index in [9.17, 15) is 4.79 Å². The molecular weight excluding hydrogens is 192 g/mol. The lowest BCUT2D eigenvalue weighted by molar-refractivity contribution is -0.141. The van der Waals surface area contributed by atoms with Crippen LogP contribution in [-0.4, -0.2) is 18.2 Å². The van der Waals surface area contributed by atoms with Crippen molar-refractivity contribution in [1.29, 1.82) is 0 Å². The Morgan fingerprint density at radius 2 is 2.27 bits per heavy atom. The summed E-state index contributed by atoms with van der Waals surface area (Å²) in [6.45, 7) is 1.72. The average Bonchev–Trinajstić information content (AvgIpc) is 2.26. The number of hydrogen-bond donors (Lipinski definition) is 1. The third kappa shape index (κ3) is 3.62. The maximum absolute atomic E-state index is 10.6. The van der Waals surface area contributed by atoms with Crippen LogP contribution in [0, 0.1) is 5.92 Å². The molecule has 0 radical (unpaired) electrons. The molecule has 0 saturated heterocycles. The van der Waals surface area contributed by atoms with Crippen molar-refractivity contribution in [1.82, 2.24) is 0 Å². The summed E-state index contributed by atoms with van der Waals surface area (Å²) >= 11 is 0. The molecule has 0 spiro atoms. The van der Waals surface area contributed by atoms with Crippen LogP contribution in [0.25, 0.3) is 0 Å². The van der Waals surface area contributed by atoms with Crippen LogP contribution >= 0.6 is 0 Å². The van der Waals surface area contributed by atoms with Gasteiger partial charge in [-0.25, -0.2) is 0 Å². The van der Waals surface area contributed by atoms with E-state index in [4.69, 9.17) is 9.84 Å². The van der Waals surface area contributed by atoms with Crippen molar-refractivity contribution in [2.45, 2.75) is 19.8 Å². The van der Waals surface area contributed by atoms with Crippen LogP contribution in [0.3, 0.4) is 0 Å². The minimum atomic E-state index is -0.738. The zero-order valence-corrected chi connectivity index (χ0v) is 9.06. The van der Waals surface area contributed by atoms with E-state index in [1.807, 2.05) is 24.3 Å². The van der Waals surface area contributed by atoms with Gasteiger partial charge in [0.05, 0.1) is 13.0 Å². The molecule has 1 aromatic rings. The normalized spacial score (nSPS) is 12.1. The second-order valence-electron chi connectivity index (χ2n) is 3.63. The molecule has 0 bridgehead atoms. The van der Waals surface area contributed by atoms with Crippen LogP contribution in [0.4, 0.5) is 0 Å². The lowest BCUT2D eigenvalue weighted by Crippen LogP contribution is -2.10. The second-order valence-corrected chi connectivity index (χ2v) is 3.63. The van der Waals surface area contributed by atoms with Crippen molar-refractivity contribution >= 4 is 5.97 Å². The van der Waals surface area contributed by atoms with Gasteiger partial charge in [-0.1, -0.05) is 19.1 Å². The fourth-order valence-corrected chi connectivity index (χ4v) is 1.33. The molecule has 1 atom stereocenters. The van der Waals surface area contributed by atoms with Gasteiger partial charge in [-0.3, -0.25) is 4.79 Å². The van der Waals surface area contributed by atoms with E-state index in [1.165, 1.54) is 0 Å². The number of aryl methyl sites for hydroxylation is 1. The lowest BCUT2D eigenvalue weighted by Gasteiger charge is -2.07. The van der Waals surface area contributed by atoms with Crippen molar-refractivity contribution in [2.75, 3.05) is 7.11 Å². The van der Waals surface area contributed by atoms with Crippen molar-refractivity contribution < 1.29 is 14.6 Å². The van der Waals surface area contributed by atoms with E-state index in [0.717, 1.165) is 17.7 Å². The summed E-state index contributed by atoms with van der Waals surface area (Å²) in [6, 6.07) is 7.72. The maximum Gasteiger partial charge on any atom is 0.306 e. The Bertz CT molecular complexity index is 333. The summed E-state index contributed by atoms with van der Waals surface area (Å²) in [5.41, 5.74) is 1.11. The van der Waals surface area contributed by atoms with Gasteiger partial charge < -0.3 is 9.84 Å². The molecule has 15 heavy (non-hydrogen) atoms. The van der Waals surface area contributed by atoms with Gasteiger partial charge in [0.25, 0.3) is 0 Å². The molecule has 0 aliphatic heterocycles. The third-order valence-electron chi connectivity index (χ3n) is 2.42. The summed E-state index contributed by atoms with van der Waals surface area (Å²) in [7, 11) is 1.62. The highest BCUT2D eigenvalue weighted by Crippen LogP contribution is 2.15. The van der Waals surface area contributed by atoms with Gasteiger partial charge in [0.1, 0.15) is 5.75 Å². The largest absolute Gasteiger partial charge is 0.497 e. The number of benzene rings is 1. The van der Waals surface area contributed by atoms with Crippen molar-refractivity contribution in [2.24, 2.45) is 5.92 Å². The minimum Gasteiger partial charge on any atom is -0.497 e. The van der Waals surface area contributed by atoms with Gasteiger partial charge in [-0.2, -0.15) is 0 Å². The molecule has 0 heterocycles. The lowest BCUT2D eigenvalue weighted by atomic mass is 10.0. The predicted octanol–water partition coefficient (Wildman–Crippen LogP) is 2.35. The first kappa shape index (κ1) is 11.6. The molecule has 3 nitrogen and oxygen atoms in total. The Morgan fingerprint density at radius 1 is 1.53 bits per heavy atom. The fourth-order valence-electron chi connectivity index (χ4n) is 1.33. The maximum atomic E-state index is 10.6. The highest BCUT2D eigenvalue weighted by molar-refractivity contribution is 5.69. The smallest absolute Gasteiger partial charge is 0.306 e.